The van der Waals surface area contributed by atoms with E-state index in [4.69, 9.17) is 5.26 Å². The molecule has 0 unspecified atom stereocenters. The van der Waals surface area contributed by atoms with Crippen LogP contribution in [0, 0.1) is 25.2 Å². The van der Waals surface area contributed by atoms with Crippen LogP contribution < -0.4 is 5.32 Å². The number of nitrogens with zero attached hydrogens (tertiary/aromatic N) is 1. The summed E-state index contributed by atoms with van der Waals surface area (Å²) >= 11 is 0. The number of aryl methyl sites for hydroxylation is 2. The lowest BCUT2D eigenvalue weighted by Gasteiger charge is -1.97. The first-order valence-corrected chi connectivity index (χ1v) is 6.26. The van der Waals surface area contributed by atoms with Gasteiger partial charge in [0.2, 0.25) is 5.78 Å². The summed E-state index contributed by atoms with van der Waals surface area (Å²) in [6, 6.07) is 7.58. The lowest BCUT2D eigenvalue weighted by molar-refractivity contribution is 0.103. The van der Waals surface area contributed by atoms with E-state index in [2.05, 4.69) is 22.9 Å². The number of fused-ring (bicyclic) bond motifs is 1. The first-order valence-electron chi connectivity index (χ1n) is 6.26. The van der Waals surface area contributed by atoms with Crippen molar-refractivity contribution in [2.45, 2.75) is 13.8 Å². The van der Waals surface area contributed by atoms with Gasteiger partial charge in [-0.1, -0.05) is 12.6 Å². The number of aromatic nitrogens is 1. The highest BCUT2D eigenvalue weighted by Crippen LogP contribution is 2.22. The number of carbonyl (C=O) groups is 1. The van der Waals surface area contributed by atoms with Gasteiger partial charge in [-0.05, 0) is 51.2 Å². The van der Waals surface area contributed by atoms with Gasteiger partial charge in [0.15, 0.2) is 0 Å². The van der Waals surface area contributed by atoms with Crippen molar-refractivity contribution in [2.24, 2.45) is 0 Å². The number of aromatic amines is 1. The minimum absolute atomic E-state index is 0.0501. The number of ketones is 1. The summed E-state index contributed by atoms with van der Waals surface area (Å²) in [6.45, 7) is 7.43. The molecule has 0 saturated heterocycles. The van der Waals surface area contributed by atoms with E-state index in [1.807, 2.05) is 34.0 Å². The van der Waals surface area contributed by atoms with Crippen LogP contribution in [0.5, 0.6) is 0 Å². The molecular formula is C16H19N3O. The zero-order chi connectivity index (χ0) is 15.3. The zero-order valence-electron chi connectivity index (χ0n) is 12.3. The third kappa shape index (κ3) is 3.34. The van der Waals surface area contributed by atoms with Gasteiger partial charge in [0, 0.05) is 10.9 Å². The topological polar surface area (TPSA) is 68.7 Å². The Hall–Kier alpha value is -2.38. The summed E-state index contributed by atoms with van der Waals surface area (Å²) in [5.41, 5.74) is 3.52. The highest BCUT2D eigenvalue weighted by atomic mass is 16.1. The molecule has 0 amide bonds. The minimum Gasteiger partial charge on any atom is -0.352 e. The van der Waals surface area contributed by atoms with Gasteiger partial charge in [0.1, 0.15) is 6.07 Å². The summed E-state index contributed by atoms with van der Waals surface area (Å²) in [5.74, 6) is -0.347. The summed E-state index contributed by atoms with van der Waals surface area (Å²) in [6.07, 6.45) is 0. The van der Waals surface area contributed by atoms with Crippen molar-refractivity contribution in [1.29, 1.82) is 5.26 Å². The van der Waals surface area contributed by atoms with Crippen LogP contribution in [0.25, 0.3) is 10.9 Å². The van der Waals surface area contributed by atoms with E-state index in [-0.39, 0.29) is 11.4 Å². The van der Waals surface area contributed by atoms with Crippen LogP contribution in [0.1, 0.15) is 21.6 Å². The molecule has 2 N–H and O–H groups in total. The molecule has 0 fully saturated rings. The molecule has 1 aromatic carbocycles. The first-order chi connectivity index (χ1) is 9.44. The SMILES string of the molecule is C=C(C#N)C(=O)c1cc2c(C)cc(C)cc2[nH]1.CNC. The Balaban J connectivity index is 0.000000612. The summed E-state index contributed by atoms with van der Waals surface area (Å²) < 4.78 is 0. The van der Waals surface area contributed by atoms with Crippen LogP contribution in [0.15, 0.2) is 30.4 Å². The molecule has 4 nitrogen and oxygen atoms in total. The third-order valence-electron chi connectivity index (χ3n) is 2.74. The smallest absolute Gasteiger partial charge is 0.219 e. The van der Waals surface area contributed by atoms with Gasteiger partial charge >= 0.3 is 0 Å². The Morgan fingerprint density at radius 2 is 1.90 bits per heavy atom. The second-order valence-electron chi connectivity index (χ2n) is 4.65. The summed E-state index contributed by atoms with van der Waals surface area (Å²) in [4.78, 5) is 14.8. The predicted octanol–water partition coefficient (Wildman–Crippen LogP) is 2.88. The maximum Gasteiger partial charge on any atom is 0.219 e. The first kappa shape index (κ1) is 15.7. The average molecular weight is 269 g/mol. The number of hydrogen-bond donors (Lipinski definition) is 2. The molecule has 4 heteroatoms. The van der Waals surface area contributed by atoms with Crippen LogP contribution in [0.3, 0.4) is 0 Å². The maximum absolute atomic E-state index is 11.8. The van der Waals surface area contributed by atoms with Crippen LogP contribution in [0.4, 0.5) is 0 Å². The van der Waals surface area contributed by atoms with E-state index >= 15 is 0 Å². The predicted molar refractivity (Wildman–Crippen MR) is 81.8 cm³/mol. The molecule has 0 aliphatic heterocycles. The fourth-order valence-electron chi connectivity index (χ4n) is 1.93. The fourth-order valence-corrected chi connectivity index (χ4v) is 1.93. The van der Waals surface area contributed by atoms with Crippen molar-refractivity contribution in [1.82, 2.24) is 10.3 Å². The van der Waals surface area contributed by atoms with E-state index in [1.54, 1.807) is 12.1 Å². The van der Waals surface area contributed by atoms with E-state index in [0.717, 1.165) is 22.0 Å². The van der Waals surface area contributed by atoms with Crippen molar-refractivity contribution in [2.75, 3.05) is 14.1 Å². The number of H-pyrrole nitrogens is 1. The standard InChI is InChI=1S/C14H12N2O.C2H7N/c1-8-4-9(2)11-6-13(16-12(11)5-8)14(17)10(3)7-15;1-3-2/h4-6,16H,3H2,1-2H3;3H,1-2H3. The molecule has 0 spiro atoms. The van der Waals surface area contributed by atoms with E-state index < -0.39 is 0 Å². The van der Waals surface area contributed by atoms with Crippen molar-refractivity contribution in [3.05, 3.63) is 47.2 Å². The number of carbonyl (C=O) groups excluding carboxylic acids is 1. The van der Waals surface area contributed by atoms with Crippen LogP contribution in [0.2, 0.25) is 0 Å². The van der Waals surface area contributed by atoms with E-state index in [1.165, 1.54) is 0 Å². The van der Waals surface area contributed by atoms with E-state index in [0.29, 0.717) is 5.69 Å². The molecule has 0 aliphatic rings. The minimum atomic E-state index is -0.347. The van der Waals surface area contributed by atoms with Gasteiger partial charge in [-0.3, -0.25) is 4.79 Å². The number of rotatable bonds is 2. The second-order valence-corrected chi connectivity index (χ2v) is 4.65. The lowest BCUT2D eigenvalue weighted by atomic mass is 10.1. The largest absolute Gasteiger partial charge is 0.352 e. The quantitative estimate of drug-likeness (QED) is 0.500. The summed E-state index contributed by atoms with van der Waals surface area (Å²) in [5, 5.41) is 12.4. The van der Waals surface area contributed by atoms with Crippen LogP contribution >= 0.6 is 0 Å². The van der Waals surface area contributed by atoms with Gasteiger partial charge in [-0.15, -0.1) is 0 Å². The number of allylic oxidation sites excluding steroid dienone is 1. The second kappa shape index (κ2) is 6.69. The Labute approximate surface area is 119 Å². The number of nitrogens with one attached hydrogen (secondary N) is 2. The van der Waals surface area contributed by atoms with Crippen molar-refractivity contribution < 1.29 is 4.79 Å². The van der Waals surface area contributed by atoms with Crippen molar-refractivity contribution in [3.8, 4) is 6.07 Å². The average Bonchev–Trinajstić information content (AvgIpc) is 2.82. The van der Waals surface area contributed by atoms with Crippen LogP contribution in [-0.4, -0.2) is 24.9 Å². The van der Waals surface area contributed by atoms with Gasteiger partial charge in [0.05, 0.1) is 11.3 Å². The monoisotopic (exact) mass is 269 g/mol. The zero-order valence-corrected chi connectivity index (χ0v) is 12.3. The normalized spacial score (nSPS) is 9.55. The highest BCUT2D eigenvalue weighted by molar-refractivity contribution is 6.12. The third-order valence-corrected chi connectivity index (χ3v) is 2.74. The fraction of sp³-hybridized carbons (Fsp3) is 0.250. The molecule has 1 aromatic heterocycles. The molecule has 0 aliphatic carbocycles. The van der Waals surface area contributed by atoms with Gasteiger partial charge < -0.3 is 10.3 Å². The number of nitriles is 1. The van der Waals surface area contributed by atoms with E-state index in [9.17, 15) is 4.79 Å². The molecule has 2 aromatic rings. The molecule has 0 atom stereocenters. The lowest BCUT2D eigenvalue weighted by Crippen LogP contribution is -2.00. The number of hydrogen-bond acceptors (Lipinski definition) is 3. The molecule has 2 rings (SSSR count). The number of benzene rings is 1. The Bertz CT molecular complexity index is 690. The maximum atomic E-state index is 11.8. The van der Waals surface area contributed by atoms with Gasteiger partial charge in [0.25, 0.3) is 0 Å². The Kier molecular flexibility index (Phi) is 5.24. The molecule has 0 bridgehead atoms. The highest BCUT2D eigenvalue weighted by Gasteiger charge is 2.13. The molecular weight excluding hydrogens is 250 g/mol. The van der Waals surface area contributed by atoms with Crippen molar-refractivity contribution >= 4 is 16.7 Å². The van der Waals surface area contributed by atoms with Crippen LogP contribution in [-0.2, 0) is 0 Å². The van der Waals surface area contributed by atoms with Crippen molar-refractivity contribution in [3.63, 3.8) is 0 Å². The molecule has 1 heterocycles. The summed E-state index contributed by atoms with van der Waals surface area (Å²) in [7, 11) is 3.75. The number of Topliss-reactive ketones (excluding diaryl/α,β-unsaturated/α-hetero) is 1. The van der Waals surface area contributed by atoms with Gasteiger partial charge in [-0.25, -0.2) is 0 Å². The Morgan fingerprint density at radius 3 is 2.45 bits per heavy atom. The van der Waals surface area contributed by atoms with Gasteiger partial charge in [-0.2, -0.15) is 5.26 Å². The molecule has 20 heavy (non-hydrogen) atoms. The Morgan fingerprint density at radius 1 is 1.30 bits per heavy atom. The molecule has 0 saturated carbocycles. The molecule has 0 radical (unpaired) electrons. The molecule has 104 valence electrons.